The molecule has 0 fully saturated rings. The van der Waals surface area contributed by atoms with E-state index in [9.17, 15) is 37.5 Å². The average Bonchev–Trinajstić information content (AvgIpc) is 3.42. The van der Waals surface area contributed by atoms with E-state index < -0.39 is 66.2 Å². The van der Waals surface area contributed by atoms with Crippen LogP contribution in [0.15, 0.2) is 71.7 Å². The molecule has 0 radical (unpaired) electrons. The lowest BCUT2D eigenvalue weighted by Crippen LogP contribution is -2.37. The zero-order valence-corrected chi connectivity index (χ0v) is 25.7. The first kappa shape index (κ1) is 31.5. The number of carboxylic acid groups (broad SMARTS) is 1. The molecule has 2 heterocycles. The second-order valence-corrected chi connectivity index (χ2v) is 10.8. The number of H-pyrrole nitrogens is 1. The summed E-state index contributed by atoms with van der Waals surface area (Å²) in [6, 6.07) is 9.67. The molecule has 4 aromatic rings. The van der Waals surface area contributed by atoms with Crippen LogP contribution >= 0.6 is 0 Å². The highest BCUT2D eigenvalue weighted by molar-refractivity contribution is 5.93. The van der Waals surface area contributed by atoms with Gasteiger partial charge in [0.2, 0.25) is 11.8 Å². The summed E-state index contributed by atoms with van der Waals surface area (Å²) in [4.78, 5) is 55.3. The van der Waals surface area contributed by atoms with Gasteiger partial charge in [0.25, 0.3) is 5.56 Å². The first-order valence-electron chi connectivity index (χ1n) is 15.3. The third-order valence-electron chi connectivity index (χ3n) is 7.01. The molecule has 0 bridgehead atoms. The maximum absolute atomic E-state index is 14.4. The Labute approximate surface area is 270 Å². The predicted molar refractivity (Wildman–Crippen MR) is 169 cm³/mol. The highest BCUT2D eigenvalue weighted by Crippen LogP contribution is 2.29. The molecule has 2 aromatic heterocycles. The fraction of sp³-hybridized carbons (Fsp3) is 0.273. The normalized spacial score (nSPS) is 12.8. The number of nitrogens with one attached hydrogen (secondary N) is 2. The van der Waals surface area contributed by atoms with Crippen molar-refractivity contribution in [2.75, 3.05) is 33.0 Å². The van der Waals surface area contributed by atoms with E-state index in [0.29, 0.717) is 22.7 Å². The van der Waals surface area contributed by atoms with Crippen LogP contribution in [0.5, 0.6) is 5.75 Å². The van der Waals surface area contributed by atoms with Gasteiger partial charge in [-0.1, -0.05) is 6.08 Å². The second-order valence-electron chi connectivity index (χ2n) is 10.8. The molecule has 3 amide bonds. The van der Waals surface area contributed by atoms with Gasteiger partial charge in [-0.3, -0.25) is 14.4 Å². The molecular formula is C33H34F3N5O6. The number of allylic oxidation sites excluding steroid dienone is 1. The highest BCUT2D eigenvalue weighted by Gasteiger charge is 2.23. The van der Waals surface area contributed by atoms with E-state index in [2.05, 4.69) is 10.3 Å². The van der Waals surface area contributed by atoms with Gasteiger partial charge in [-0.2, -0.15) is 0 Å². The number of aromatic amines is 1. The molecular weight excluding hydrogens is 619 g/mol. The lowest BCUT2D eigenvalue weighted by molar-refractivity contribution is -0.123. The first-order valence-corrected chi connectivity index (χ1v) is 14.3. The van der Waals surface area contributed by atoms with Crippen LogP contribution in [0.3, 0.4) is 0 Å². The van der Waals surface area contributed by atoms with Crippen molar-refractivity contribution in [2.24, 2.45) is 5.92 Å². The smallest absolute Gasteiger partial charge is 0.407 e. The van der Waals surface area contributed by atoms with Gasteiger partial charge in [0.15, 0.2) is 0 Å². The Kier molecular flexibility index (Phi) is 10.2. The number of pyridine rings is 1. The topological polar surface area (TPSA) is 137 Å². The standard InChI is InChI=1S/C33H34F3N5O6/c1-39(2)29(42)9-5-4-7-20(17-40(3)33(45)46)31(43)38-27-8-6-12-41(32(27)44)18-25-14-22-13-24(35)16-28(30(22)37-25)47-19-21-10-11-23(34)15-26(21)36/h5-6,8-16,20,37H,4,7,17-19H2,1-3H3,(H,38,43)(H,45,46)/b9-5+/i7D2. The Hall–Kier alpha value is -5.53. The number of hydrogen-bond acceptors (Lipinski definition) is 5. The van der Waals surface area contributed by atoms with E-state index in [1.807, 2.05) is 0 Å². The number of rotatable bonds is 13. The summed E-state index contributed by atoms with van der Waals surface area (Å²) in [6.45, 7) is -0.943. The summed E-state index contributed by atoms with van der Waals surface area (Å²) in [6.07, 6.45) is -0.302. The van der Waals surface area contributed by atoms with Gasteiger partial charge in [0.05, 0.1) is 18.0 Å². The minimum Gasteiger partial charge on any atom is -0.486 e. The van der Waals surface area contributed by atoms with Crippen molar-refractivity contribution in [3.8, 4) is 5.75 Å². The van der Waals surface area contributed by atoms with Crippen molar-refractivity contribution in [3.05, 3.63) is 106 Å². The van der Waals surface area contributed by atoms with Gasteiger partial charge in [-0.15, -0.1) is 0 Å². The maximum atomic E-state index is 14.4. The number of amides is 3. The van der Waals surface area contributed by atoms with E-state index in [-0.39, 0.29) is 30.2 Å². The Balaban J connectivity index is 1.56. The number of hydrogen-bond donors (Lipinski definition) is 3. The summed E-state index contributed by atoms with van der Waals surface area (Å²) < 4.78 is 65.8. The zero-order chi connectivity index (χ0) is 36.0. The van der Waals surface area contributed by atoms with Crippen molar-refractivity contribution >= 4 is 34.5 Å². The molecule has 3 N–H and O–H groups in total. The molecule has 1 unspecified atom stereocenters. The van der Waals surface area contributed by atoms with Crippen LogP contribution in [0.2, 0.25) is 0 Å². The SMILES string of the molecule is [2H]C([2H])(C/C=C/C(=O)N(C)C)C(CN(C)C(=O)O)C(=O)Nc1cccn(Cc2cc3cc(F)cc(OCc4ccc(F)cc4F)c3[nH]2)c1=O. The number of fused-ring (bicyclic) bond motifs is 1. The van der Waals surface area contributed by atoms with Crippen LogP contribution < -0.4 is 15.6 Å². The lowest BCUT2D eigenvalue weighted by Gasteiger charge is -2.21. The zero-order valence-electron chi connectivity index (χ0n) is 27.7. The Morgan fingerprint density at radius 2 is 1.87 bits per heavy atom. The summed E-state index contributed by atoms with van der Waals surface area (Å²) in [5.41, 5.74) is -0.0500. The third-order valence-corrected chi connectivity index (χ3v) is 7.01. The first-order chi connectivity index (χ1) is 23.0. The second kappa shape index (κ2) is 15.2. The minimum atomic E-state index is -2.33. The largest absolute Gasteiger partial charge is 0.486 e. The molecule has 0 spiro atoms. The van der Waals surface area contributed by atoms with Crippen LogP contribution in [-0.2, 0) is 22.7 Å². The van der Waals surface area contributed by atoms with Crippen molar-refractivity contribution in [1.82, 2.24) is 19.4 Å². The Morgan fingerprint density at radius 3 is 2.57 bits per heavy atom. The Morgan fingerprint density at radius 1 is 1.11 bits per heavy atom. The summed E-state index contributed by atoms with van der Waals surface area (Å²) >= 11 is 0. The molecule has 1 atom stereocenters. The molecule has 2 aromatic carbocycles. The van der Waals surface area contributed by atoms with Crippen LogP contribution in [0.25, 0.3) is 10.9 Å². The molecule has 4 rings (SSSR count). The lowest BCUT2D eigenvalue weighted by atomic mass is 10.0. The summed E-state index contributed by atoms with van der Waals surface area (Å²) in [5.74, 6) is -5.12. The molecule has 0 aliphatic heterocycles. The number of aromatic nitrogens is 2. The minimum absolute atomic E-state index is 0.0471. The third kappa shape index (κ3) is 9.02. The number of carbonyl (C=O) groups excluding carboxylic acids is 2. The van der Waals surface area contributed by atoms with Gasteiger partial charge in [0, 0.05) is 65.4 Å². The van der Waals surface area contributed by atoms with Gasteiger partial charge in [-0.05, 0) is 55.3 Å². The van der Waals surface area contributed by atoms with Crippen molar-refractivity contribution < 1.29 is 40.1 Å². The van der Waals surface area contributed by atoms with E-state index in [1.165, 1.54) is 67.1 Å². The Bertz CT molecular complexity index is 1960. The van der Waals surface area contributed by atoms with E-state index in [4.69, 9.17) is 7.48 Å². The van der Waals surface area contributed by atoms with Crippen LogP contribution in [0.4, 0.5) is 23.7 Å². The van der Waals surface area contributed by atoms with Gasteiger partial charge in [0.1, 0.15) is 35.5 Å². The van der Waals surface area contributed by atoms with Crippen LogP contribution in [0.1, 0.15) is 26.8 Å². The molecule has 0 aliphatic carbocycles. The van der Waals surface area contributed by atoms with Crippen molar-refractivity contribution in [1.29, 1.82) is 0 Å². The highest BCUT2D eigenvalue weighted by atomic mass is 19.1. The molecule has 47 heavy (non-hydrogen) atoms. The fourth-order valence-corrected chi connectivity index (χ4v) is 4.50. The number of benzene rings is 2. The molecule has 248 valence electrons. The number of nitrogens with zero attached hydrogens (tertiary/aromatic N) is 3. The molecule has 0 saturated carbocycles. The average molecular weight is 656 g/mol. The molecule has 0 aliphatic rings. The van der Waals surface area contributed by atoms with Crippen LogP contribution in [0, 0.1) is 23.4 Å². The van der Waals surface area contributed by atoms with E-state index >= 15 is 0 Å². The van der Waals surface area contributed by atoms with Gasteiger partial charge >= 0.3 is 6.09 Å². The van der Waals surface area contributed by atoms with Crippen molar-refractivity contribution in [2.45, 2.75) is 25.9 Å². The van der Waals surface area contributed by atoms with Crippen LogP contribution in [-0.4, -0.2) is 70.1 Å². The predicted octanol–water partition coefficient (Wildman–Crippen LogP) is 4.96. The quantitative estimate of drug-likeness (QED) is 0.174. The number of anilines is 1. The molecule has 11 nitrogen and oxygen atoms in total. The number of carbonyl (C=O) groups is 3. The van der Waals surface area contributed by atoms with Crippen molar-refractivity contribution in [3.63, 3.8) is 0 Å². The molecule has 14 heteroatoms. The van der Waals surface area contributed by atoms with Gasteiger partial charge in [-0.25, -0.2) is 18.0 Å². The number of ether oxygens (including phenoxy) is 1. The summed E-state index contributed by atoms with van der Waals surface area (Å²) in [5, 5.41) is 12.2. The number of halogens is 3. The number of likely N-dealkylation sites (N-methyl/N-ethyl adjacent to an activating group) is 1. The maximum Gasteiger partial charge on any atom is 0.407 e. The monoisotopic (exact) mass is 655 g/mol. The molecule has 0 saturated heterocycles. The van der Waals surface area contributed by atoms with E-state index in [1.54, 1.807) is 6.07 Å². The summed E-state index contributed by atoms with van der Waals surface area (Å²) in [7, 11) is 4.19. The van der Waals surface area contributed by atoms with Gasteiger partial charge < -0.3 is 34.5 Å². The fourth-order valence-electron chi connectivity index (χ4n) is 4.50. The van der Waals surface area contributed by atoms with E-state index in [0.717, 1.165) is 23.1 Å².